The summed E-state index contributed by atoms with van der Waals surface area (Å²) in [7, 11) is 1.28. The lowest BCUT2D eigenvalue weighted by Crippen LogP contribution is -2.82. The Morgan fingerprint density at radius 2 is 1.23 bits per heavy atom. The number of hydrogen-bond donors (Lipinski definition) is 2. The summed E-state index contributed by atoms with van der Waals surface area (Å²) in [6.45, 7) is 6.75. The molecule has 0 heterocycles. The second-order valence-electron chi connectivity index (χ2n) is 8.08. The third-order valence-electron chi connectivity index (χ3n) is 5.74. The Hall–Kier alpha value is -3.48. The van der Waals surface area contributed by atoms with E-state index >= 15 is 0 Å². The fraction of sp³-hybridized carbons (Fsp3) is 0.310. The van der Waals surface area contributed by atoms with Gasteiger partial charge in [0.2, 0.25) is 0 Å². The van der Waals surface area contributed by atoms with Crippen LogP contribution in [0.1, 0.15) is 43.4 Å². The molecule has 0 saturated heterocycles. The Morgan fingerprint density at radius 1 is 0.829 bits per heavy atom. The van der Waals surface area contributed by atoms with Crippen LogP contribution in [0.25, 0.3) is 0 Å². The van der Waals surface area contributed by atoms with E-state index < -0.39 is 23.5 Å². The quantitative estimate of drug-likeness (QED) is 0.327. The van der Waals surface area contributed by atoms with Gasteiger partial charge in [0.05, 0.1) is 31.7 Å². The molecule has 3 aromatic rings. The number of carboxylic acids is 1. The highest BCUT2D eigenvalue weighted by Gasteiger charge is 2.38. The number of esters is 1. The van der Waals surface area contributed by atoms with Crippen molar-refractivity contribution in [1.29, 1.82) is 0 Å². The van der Waals surface area contributed by atoms with Crippen molar-refractivity contribution in [3.8, 4) is 0 Å². The standard InChI is InChI=1S/C25H25NO4.C4H11N/c1-30-23(27)18-17-22(24(28)29)26-25(19-11-5-2-6-12-19,20-13-7-3-8-14-20)21-15-9-4-10-16-21;1-3-5-4-2/h2-16,22,26H,17-18H2,1H3,(H,28,29);5H,3-4H2,1-2H3/t22-;/m1./s1. The normalized spacial score (nSPS) is 11.6. The van der Waals surface area contributed by atoms with E-state index in [4.69, 9.17) is 0 Å². The lowest BCUT2D eigenvalue weighted by atomic mass is 9.76. The van der Waals surface area contributed by atoms with Gasteiger partial charge in [-0.1, -0.05) is 91.0 Å². The zero-order valence-corrected chi connectivity index (χ0v) is 20.8. The van der Waals surface area contributed by atoms with E-state index in [1.54, 1.807) is 0 Å². The number of nitrogens with one attached hydrogen (secondary N) is 1. The average Bonchev–Trinajstić information content (AvgIpc) is 2.91. The smallest absolute Gasteiger partial charge is 0.305 e. The first-order chi connectivity index (χ1) is 17.0. The number of hydrogen-bond acceptors (Lipinski definition) is 5. The molecule has 0 aliphatic rings. The number of benzene rings is 3. The SMILES string of the molecule is CC[NH2+]CC.COC(=O)CC[C@@H](NC(c1ccccc1)(c1ccccc1)c1ccccc1)C(=O)[O-]. The van der Waals surface area contributed by atoms with E-state index in [1.807, 2.05) is 91.0 Å². The molecule has 0 bridgehead atoms. The molecule has 3 aromatic carbocycles. The highest BCUT2D eigenvalue weighted by Crippen LogP contribution is 2.37. The molecule has 0 aromatic heterocycles. The monoisotopic (exact) mass is 476 g/mol. The number of carbonyl (C=O) groups is 2. The van der Waals surface area contributed by atoms with E-state index in [0.29, 0.717) is 0 Å². The van der Waals surface area contributed by atoms with Gasteiger partial charge in [-0.2, -0.15) is 0 Å². The summed E-state index contributed by atoms with van der Waals surface area (Å²) in [6.07, 6.45) is 0.0137. The Labute approximate surface area is 208 Å². The van der Waals surface area contributed by atoms with Crippen molar-refractivity contribution in [2.75, 3.05) is 20.2 Å². The second-order valence-corrected chi connectivity index (χ2v) is 8.08. The number of rotatable bonds is 11. The average molecular weight is 477 g/mol. The van der Waals surface area contributed by atoms with Gasteiger partial charge in [0.15, 0.2) is 0 Å². The Morgan fingerprint density at radius 3 is 1.51 bits per heavy atom. The minimum absolute atomic E-state index is 0.0312. The van der Waals surface area contributed by atoms with Gasteiger partial charge in [-0.25, -0.2) is 0 Å². The van der Waals surface area contributed by atoms with Gasteiger partial charge in [-0.15, -0.1) is 0 Å². The van der Waals surface area contributed by atoms with E-state index in [1.165, 1.54) is 20.2 Å². The van der Waals surface area contributed by atoms with Crippen LogP contribution in [0.15, 0.2) is 91.0 Å². The molecule has 6 heteroatoms. The van der Waals surface area contributed by atoms with Crippen molar-refractivity contribution in [3.05, 3.63) is 108 Å². The van der Waals surface area contributed by atoms with Gasteiger partial charge in [0.1, 0.15) is 0 Å². The molecule has 1 atom stereocenters. The number of quaternary nitrogens is 1. The summed E-state index contributed by atoms with van der Waals surface area (Å²) >= 11 is 0. The second kappa shape index (κ2) is 14.7. The summed E-state index contributed by atoms with van der Waals surface area (Å²) in [6, 6.07) is 27.9. The van der Waals surface area contributed by atoms with Crippen molar-refractivity contribution >= 4 is 11.9 Å². The number of aliphatic carboxylic acids is 1. The molecular weight excluding hydrogens is 440 g/mol. The van der Waals surface area contributed by atoms with Gasteiger partial charge in [-0.3, -0.25) is 10.1 Å². The zero-order chi connectivity index (χ0) is 25.5. The van der Waals surface area contributed by atoms with Crippen molar-refractivity contribution < 1.29 is 24.7 Å². The first kappa shape index (κ1) is 27.8. The van der Waals surface area contributed by atoms with Crippen molar-refractivity contribution in [1.82, 2.24) is 5.32 Å². The lowest BCUT2D eigenvalue weighted by molar-refractivity contribution is -0.648. The zero-order valence-electron chi connectivity index (χ0n) is 20.8. The maximum absolute atomic E-state index is 12.0. The summed E-state index contributed by atoms with van der Waals surface area (Å²) in [4.78, 5) is 23.7. The molecule has 0 fully saturated rings. The van der Waals surface area contributed by atoms with Gasteiger partial charge >= 0.3 is 5.97 Å². The van der Waals surface area contributed by atoms with Gasteiger partial charge in [0.25, 0.3) is 0 Å². The topological polar surface area (TPSA) is 95.1 Å². The molecule has 186 valence electrons. The maximum atomic E-state index is 12.0. The molecule has 0 saturated carbocycles. The molecule has 35 heavy (non-hydrogen) atoms. The van der Waals surface area contributed by atoms with Gasteiger partial charge in [-0.05, 0) is 37.0 Å². The third-order valence-corrected chi connectivity index (χ3v) is 5.74. The van der Waals surface area contributed by atoms with Crippen LogP contribution < -0.4 is 15.7 Å². The van der Waals surface area contributed by atoms with Crippen LogP contribution in [0.3, 0.4) is 0 Å². The first-order valence-corrected chi connectivity index (χ1v) is 12.0. The minimum Gasteiger partial charge on any atom is -0.548 e. The van der Waals surface area contributed by atoms with Crippen molar-refractivity contribution in [2.45, 2.75) is 38.3 Å². The predicted octanol–water partition coefficient (Wildman–Crippen LogP) is 2.23. The van der Waals surface area contributed by atoms with E-state index in [0.717, 1.165) is 16.7 Å². The summed E-state index contributed by atoms with van der Waals surface area (Å²) < 4.78 is 4.68. The van der Waals surface area contributed by atoms with Crippen molar-refractivity contribution in [3.63, 3.8) is 0 Å². The fourth-order valence-corrected chi connectivity index (χ4v) is 3.98. The van der Waals surface area contributed by atoms with Crippen LogP contribution in [0.4, 0.5) is 0 Å². The first-order valence-electron chi connectivity index (χ1n) is 12.0. The lowest BCUT2D eigenvalue weighted by Gasteiger charge is -2.40. The molecular formula is C29H36N2O4. The number of ether oxygens (including phenoxy) is 1. The number of methoxy groups -OCH3 is 1. The number of nitrogens with two attached hydrogens (primary N) is 1. The van der Waals surface area contributed by atoms with E-state index in [9.17, 15) is 14.7 Å². The molecule has 0 amide bonds. The maximum Gasteiger partial charge on any atom is 0.305 e. The predicted molar refractivity (Wildman–Crippen MR) is 135 cm³/mol. The summed E-state index contributed by atoms with van der Waals surface area (Å²) in [5.41, 5.74) is 1.69. The van der Waals surface area contributed by atoms with Crippen LogP contribution in [0, 0.1) is 0 Å². The van der Waals surface area contributed by atoms with E-state index in [-0.39, 0.29) is 12.8 Å². The van der Waals surface area contributed by atoms with Crippen LogP contribution in [0.5, 0.6) is 0 Å². The van der Waals surface area contributed by atoms with E-state index in [2.05, 4.69) is 29.2 Å². The molecule has 0 spiro atoms. The molecule has 6 nitrogen and oxygen atoms in total. The minimum atomic E-state index is -1.27. The van der Waals surface area contributed by atoms with Crippen LogP contribution in [0.2, 0.25) is 0 Å². The number of carbonyl (C=O) groups excluding carboxylic acids is 2. The highest BCUT2D eigenvalue weighted by atomic mass is 16.5. The molecule has 0 unspecified atom stereocenters. The molecule has 0 aliphatic heterocycles. The van der Waals surface area contributed by atoms with Crippen LogP contribution >= 0.6 is 0 Å². The molecule has 3 N–H and O–H groups in total. The Kier molecular flexibility index (Phi) is 11.7. The molecule has 0 radical (unpaired) electrons. The largest absolute Gasteiger partial charge is 0.548 e. The molecule has 0 aliphatic carbocycles. The van der Waals surface area contributed by atoms with Crippen LogP contribution in [-0.2, 0) is 19.9 Å². The number of carboxylic acid groups (broad SMARTS) is 1. The van der Waals surface area contributed by atoms with Gasteiger partial charge < -0.3 is 20.0 Å². The van der Waals surface area contributed by atoms with Crippen molar-refractivity contribution in [2.24, 2.45) is 0 Å². The summed E-state index contributed by atoms with van der Waals surface area (Å²) in [5.74, 6) is -1.74. The summed E-state index contributed by atoms with van der Waals surface area (Å²) in [5, 5.41) is 17.6. The highest BCUT2D eigenvalue weighted by molar-refractivity contribution is 5.74. The Bertz CT molecular complexity index is 912. The third kappa shape index (κ3) is 7.77. The molecule has 3 rings (SSSR count). The Balaban J connectivity index is 0.000000784. The van der Waals surface area contributed by atoms with Gasteiger partial charge in [0, 0.05) is 12.5 Å². The van der Waals surface area contributed by atoms with Crippen LogP contribution in [-0.4, -0.2) is 38.2 Å². The fourth-order valence-electron chi connectivity index (χ4n) is 3.98.